The van der Waals surface area contributed by atoms with Crippen LogP contribution in [0.25, 0.3) is 17.2 Å². The number of carbonyl (C=O) groups is 1. The van der Waals surface area contributed by atoms with Crippen LogP contribution in [0.4, 0.5) is 35.1 Å². The summed E-state index contributed by atoms with van der Waals surface area (Å²) in [6, 6.07) is 7.53. The molecule has 5 rings (SSSR count). The Morgan fingerprint density at radius 1 is 0.809 bits per heavy atom. The molecule has 1 atom stereocenters. The van der Waals surface area contributed by atoms with Crippen molar-refractivity contribution in [3.8, 4) is 22.6 Å². The average Bonchev–Trinajstić information content (AvgIpc) is 3.38. The van der Waals surface area contributed by atoms with Gasteiger partial charge in [-0.1, -0.05) is 44.9 Å². The van der Waals surface area contributed by atoms with Crippen molar-refractivity contribution in [3.05, 3.63) is 124 Å². The van der Waals surface area contributed by atoms with Crippen molar-refractivity contribution in [2.24, 2.45) is 5.92 Å². The van der Waals surface area contributed by atoms with E-state index in [9.17, 15) is 31.1 Å². The van der Waals surface area contributed by atoms with Crippen molar-refractivity contribution in [1.29, 1.82) is 0 Å². The highest BCUT2D eigenvalue weighted by molar-refractivity contribution is 5.91. The quantitative estimate of drug-likeness (QED) is 0.0695. The molecular weight excluding hydrogens is 632 g/mol. The highest BCUT2D eigenvalue weighted by atomic mass is 19.3. The van der Waals surface area contributed by atoms with Gasteiger partial charge >= 0.3 is 12.1 Å². The van der Waals surface area contributed by atoms with Crippen molar-refractivity contribution >= 4 is 12.0 Å². The van der Waals surface area contributed by atoms with Crippen molar-refractivity contribution < 1.29 is 49.4 Å². The minimum Gasteiger partial charge on any atom is -0.429 e. The molecular formula is C36H28F8O3. The summed E-state index contributed by atoms with van der Waals surface area (Å²) in [7, 11) is 0. The van der Waals surface area contributed by atoms with Gasteiger partial charge < -0.3 is 9.47 Å². The van der Waals surface area contributed by atoms with Crippen molar-refractivity contribution in [3.63, 3.8) is 0 Å². The fraction of sp³-hybridized carbons (Fsp3) is 0.250. The molecule has 47 heavy (non-hydrogen) atoms. The van der Waals surface area contributed by atoms with Crippen LogP contribution in [0.3, 0.4) is 0 Å². The van der Waals surface area contributed by atoms with Crippen LogP contribution in [-0.2, 0) is 19.0 Å². The molecule has 3 nitrogen and oxygen atoms in total. The van der Waals surface area contributed by atoms with Crippen LogP contribution in [-0.4, -0.2) is 5.97 Å². The Kier molecular flexibility index (Phi) is 9.74. The summed E-state index contributed by atoms with van der Waals surface area (Å²) >= 11 is 0. The maximum absolute atomic E-state index is 15.1. The van der Waals surface area contributed by atoms with E-state index in [0.29, 0.717) is 30.2 Å². The monoisotopic (exact) mass is 660 g/mol. The van der Waals surface area contributed by atoms with E-state index in [1.807, 2.05) is 6.07 Å². The van der Waals surface area contributed by atoms with Crippen LogP contribution in [0.15, 0.2) is 61.2 Å². The Morgan fingerprint density at radius 3 is 2.00 bits per heavy atom. The Balaban J connectivity index is 1.34. The number of alkyl halides is 2. The van der Waals surface area contributed by atoms with Gasteiger partial charge in [0.05, 0.1) is 11.1 Å². The molecule has 0 saturated carbocycles. The van der Waals surface area contributed by atoms with Gasteiger partial charge in [0, 0.05) is 29.8 Å². The normalized spacial score (nSPS) is 14.2. The SMILES string of the molecule is C=Cc1c(F)cc(OC(F)(F)c2c(F)cc(-c3c(F)cc(OC(=O)c4ccc5c(c4)CC(CCCCC)C5)cc3F)cc2F)cc1F. The van der Waals surface area contributed by atoms with E-state index in [4.69, 9.17) is 4.74 Å². The lowest BCUT2D eigenvalue weighted by Crippen LogP contribution is -2.25. The molecule has 0 aromatic heterocycles. The number of esters is 1. The second-order valence-corrected chi connectivity index (χ2v) is 11.3. The molecule has 4 aromatic rings. The smallest absolute Gasteiger partial charge is 0.429 e. The zero-order valence-electron chi connectivity index (χ0n) is 25.0. The first-order valence-corrected chi connectivity index (χ1v) is 14.8. The zero-order valence-corrected chi connectivity index (χ0v) is 25.0. The lowest BCUT2D eigenvalue weighted by molar-refractivity contribution is -0.189. The summed E-state index contributed by atoms with van der Waals surface area (Å²) in [5, 5.41) is 0. The van der Waals surface area contributed by atoms with Gasteiger partial charge in [0.1, 0.15) is 52.0 Å². The number of hydrogen-bond acceptors (Lipinski definition) is 3. The van der Waals surface area contributed by atoms with Crippen LogP contribution >= 0.6 is 0 Å². The lowest BCUT2D eigenvalue weighted by Gasteiger charge is -2.20. The highest BCUT2D eigenvalue weighted by Gasteiger charge is 2.42. The number of unbranched alkanes of at least 4 members (excludes halogenated alkanes) is 2. The van der Waals surface area contributed by atoms with Crippen LogP contribution in [0.2, 0.25) is 0 Å². The first kappa shape index (κ1) is 33.7. The van der Waals surface area contributed by atoms with E-state index in [1.165, 1.54) is 0 Å². The van der Waals surface area contributed by atoms with Gasteiger partial charge in [-0.3, -0.25) is 0 Å². The lowest BCUT2D eigenvalue weighted by atomic mass is 9.98. The summed E-state index contributed by atoms with van der Waals surface area (Å²) < 4.78 is 127. The predicted octanol–water partition coefficient (Wildman–Crippen LogP) is 10.5. The molecule has 1 aliphatic carbocycles. The molecule has 1 unspecified atom stereocenters. The number of carbonyl (C=O) groups excluding carboxylic acids is 1. The number of fused-ring (bicyclic) bond motifs is 1. The summed E-state index contributed by atoms with van der Waals surface area (Å²) in [6.45, 7) is 5.31. The van der Waals surface area contributed by atoms with Gasteiger partial charge in [0.25, 0.3) is 0 Å². The van der Waals surface area contributed by atoms with Crippen LogP contribution in [0.5, 0.6) is 11.5 Å². The van der Waals surface area contributed by atoms with E-state index >= 15 is 8.78 Å². The Labute approximate surface area is 265 Å². The summed E-state index contributed by atoms with van der Waals surface area (Å²) in [6.07, 6.45) is 2.17. The fourth-order valence-corrected chi connectivity index (χ4v) is 5.78. The Hall–Kier alpha value is -4.67. The summed E-state index contributed by atoms with van der Waals surface area (Å²) in [5.74, 6) is -11.4. The number of ether oxygens (including phenoxy) is 2. The van der Waals surface area contributed by atoms with Crippen LogP contribution < -0.4 is 9.47 Å². The third kappa shape index (κ3) is 7.18. The van der Waals surface area contributed by atoms with E-state index in [-0.39, 0.29) is 17.7 Å². The van der Waals surface area contributed by atoms with Gasteiger partial charge in [-0.05, 0) is 66.1 Å². The van der Waals surface area contributed by atoms with Crippen molar-refractivity contribution in [2.45, 2.75) is 51.6 Å². The molecule has 1 aliphatic rings. The average molecular weight is 661 g/mol. The maximum atomic E-state index is 15.1. The molecule has 246 valence electrons. The molecule has 0 aliphatic heterocycles. The Morgan fingerprint density at radius 2 is 1.40 bits per heavy atom. The van der Waals surface area contributed by atoms with E-state index in [2.05, 4.69) is 18.2 Å². The van der Waals surface area contributed by atoms with Gasteiger partial charge in [0.2, 0.25) is 0 Å². The first-order chi connectivity index (χ1) is 22.3. The summed E-state index contributed by atoms with van der Waals surface area (Å²) in [5.41, 5.74) is -2.09. The maximum Gasteiger partial charge on any atom is 0.432 e. The fourth-order valence-electron chi connectivity index (χ4n) is 5.78. The molecule has 0 heterocycles. The Bertz CT molecular complexity index is 1780. The third-order valence-corrected chi connectivity index (χ3v) is 8.03. The molecule has 0 N–H and O–H groups in total. The molecule has 0 amide bonds. The first-order valence-electron chi connectivity index (χ1n) is 14.8. The van der Waals surface area contributed by atoms with E-state index < -0.39 is 80.7 Å². The minimum atomic E-state index is -4.80. The summed E-state index contributed by atoms with van der Waals surface area (Å²) in [4.78, 5) is 12.8. The topological polar surface area (TPSA) is 35.5 Å². The second-order valence-electron chi connectivity index (χ2n) is 11.3. The molecule has 11 heteroatoms. The molecule has 0 radical (unpaired) electrons. The number of hydrogen-bond donors (Lipinski definition) is 0. The highest BCUT2D eigenvalue weighted by Crippen LogP contribution is 2.39. The predicted molar refractivity (Wildman–Crippen MR) is 159 cm³/mol. The number of benzene rings is 4. The number of halogens is 8. The van der Waals surface area contributed by atoms with E-state index in [1.54, 1.807) is 12.1 Å². The van der Waals surface area contributed by atoms with E-state index in [0.717, 1.165) is 55.7 Å². The van der Waals surface area contributed by atoms with Crippen molar-refractivity contribution in [1.82, 2.24) is 0 Å². The van der Waals surface area contributed by atoms with Crippen molar-refractivity contribution in [2.75, 3.05) is 0 Å². The zero-order chi connectivity index (χ0) is 34.0. The second kappa shape index (κ2) is 13.6. The molecule has 0 saturated heterocycles. The molecule has 0 spiro atoms. The number of rotatable bonds is 11. The van der Waals surface area contributed by atoms with Gasteiger partial charge in [-0.25, -0.2) is 31.1 Å². The van der Waals surface area contributed by atoms with Gasteiger partial charge in [-0.2, -0.15) is 8.78 Å². The van der Waals surface area contributed by atoms with Gasteiger partial charge in [0.15, 0.2) is 0 Å². The molecule has 0 bridgehead atoms. The van der Waals surface area contributed by atoms with Gasteiger partial charge in [-0.15, -0.1) is 0 Å². The third-order valence-electron chi connectivity index (χ3n) is 8.03. The van der Waals surface area contributed by atoms with Crippen LogP contribution in [0, 0.1) is 40.8 Å². The molecule has 0 fully saturated rings. The van der Waals surface area contributed by atoms with Crippen LogP contribution in [0.1, 0.15) is 65.2 Å². The largest absolute Gasteiger partial charge is 0.432 e. The standard InChI is InChI=1S/C36H28F8O3/c1-3-5-6-7-19-10-20-8-9-21(12-22(20)11-19)35(45)46-24-15-29(39)33(30(40)16-24)23-13-31(41)34(32(42)14-23)36(43,44)47-25-17-27(37)26(4-2)28(38)18-25/h4,8-9,12-19H,2-3,5-7,10-11H2,1H3. The molecule has 4 aromatic carbocycles. The minimum absolute atomic E-state index is 0.174.